The van der Waals surface area contributed by atoms with Gasteiger partial charge in [-0.1, -0.05) is 12.8 Å². The van der Waals surface area contributed by atoms with Gasteiger partial charge in [0.15, 0.2) is 0 Å². The number of fused-ring (bicyclic) bond motifs is 1. The van der Waals surface area contributed by atoms with Gasteiger partial charge in [0.1, 0.15) is 6.04 Å². The van der Waals surface area contributed by atoms with Gasteiger partial charge in [0, 0.05) is 13.1 Å². The fourth-order valence-electron chi connectivity index (χ4n) is 3.92. The minimum Gasteiger partial charge on any atom is -0.480 e. The first-order valence-electron chi connectivity index (χ1n) is 8.10. The molecule has 2 heterocycles. The molecule has 2 saturated heterocycles. The first-order valence-corrected chi connectivity index (χ1v) is 8.10. The molecule has 3 rings (SSSR count). The van der Waals surface area contributed by atoms with Crippen LogP contribution >= 0.6 is 0 Å². The summed E-state index contributed by atoms with van der Waals surface area (Å²) in [5, 5.41) is 9.43. The third-order valence-electron chi connectivity index (χ3n) is 5.01. The van der Waals surface area contributed by atoms with Crippen LogP contribution in [0.1, 0.15) is 44.9 Å². The molecular weight excluding hydrogens is 272 g/mol. The molecule has 6 heteroatoms. The number of amides is 2. The normalized spacial score (nSPS) is 33.4. The number of likely N-dealkylation sites (tertiary alicyclic amines) is 1. The lowest BCUT2D eigenvalue weighted by molar-refractivity contribution is -0.142. The van der Waals surface area contributed by atoms with Crippen molar-refractivity contribution in [1.29, 1.82) is 0 Å². The minimum absolute atomic E-state index is 0.0931. The molecular formula is C15H24N2O4. The van der Waals surface area contributed by atoms with Crippen LogP contribution in [0.4, 0.5) is 4.79 Å². The Bertz CT molecular complexity index is 414. The van der Waals surface area contributed by atoms with Crippen molar-refractivity contribution in [2.45, 2.75) is 63.1 Å². The second-order valence-corrected chi connectivity index (χ2v) is 6.28. The van der Waals surface area contributed by atoms with Gasteiger partial charge in [-0.25, -0.2) is 9.59 Å². The zero-order chi connectivity index (χ0) is 14.8. The number of morpholine rings is 1. The highest BCUT2D eigenvalue weighted by Crippen LogP contribution is 2.31. The van der Waals surface area contributed by atoms with E-state index in [1.807, 2.05) is 4.90 Å². The average molecular weight is 296 g/mol. The molecule has 0 aromatic rings. The molecule has 0 spiro atoms. The molecule has 0 aromatic carbocycles. The van der Waals surface area contributed by atoms with E-state index in [0.29, 0.717) is 26.1 Å². The number of ether oxygens (including phenoxy) is 1. The summed E-state index contributed by atoms with van der Waals surface area (Å²) in [5.74, 6) is -0.874. The molecule has 0 aromatic heterocycles. The number of aliphatic carboxylic acids is 1. The smallest absolute Gasteiger partial charge is 0.326 e. The van der Waals surface area contributed by atoms with Gasteiger partial charge in [-0.05, 0) is 32.1 Å². The van der Waals surface area contributed by atoms with Crippen LogP contribution in [0.25, 0.3) is 0 Å². The summed E-state index contributed by atoms with van der Waals surface area (Å²) < 4.78 is 5.74. The van der Waals surface area contributed by atoms with E-state index >= 15 is 0 Å². The predicted molar refractivity (Wildman–Crippen MR) is 76.1 cm³/mol. The molecule has 1 aliphatic carbocycles. The molecule has 2 aliphatic heterocycles. The van der Waals surface area contributed by atoms with Crippen LogP contribution in [0.3, 0.4) is 0 Å². The third-order valence-corrected chi connectivity index (χ3v) is 5.01. The van der Waals surface area contributed by atoms with Crippen molar-refractivity contribution >= 4 is 12.0 Å². The number of hydrogen-bond acceptors (Lipinski definition) is 3. The molecule has 118 valence electrons. The van der Waals surface area contributed by atoms with Crippen LogP contribution in [-0.4, -0.2) is 64.8 Å². The molecule has 3 fully saturated rings. The number of urea groups is 1. The quantitative estimate of drug-likeness (QED) is 0.799. The van der Waals surface area contributed by atoms with E-state index in [1.54, 1.807) is 4.90 Å². The average Bonchev–Trinajstić information content (AvgIpc) is 2.81. The van der Waals surface area contributed by atoms with Gasteiger partial charge in [-0.15, -0.1) is 0 Å². The van der Waals surface area contributed by atoms with Crippen molar-refractivity contribution in [3.05, 3.63) is 0 Å². The molecule has 1 saturated carbocycles. The topological polar surface area (TPSA) is 70.1 Å². The van der Waals surface area contributed by atoms with Gasteiger partial charge in [0.2, 0.25) is 0 Å². The fraction of sp³-hybridized carbons (Fsp3) is 0.867. The molecule has 3 aliphatic rings. The lowest BCUT2D eigenvalue weighted by Crippen LogP contribution is -2.58. The van der Waals surface area contributed by atoms with Gasteiger partial charge in [-0.2, -0.15) is 0 Å². The van der Waals surface area contributed by atoms with Gasteiger partial charge in [0.25, 0.3) is 0 Å². The number of nitrogens with zero attached hydrogens (tertiary/aromatic N) is 2. The van der Waals surface area contributed by atoms with Crippen molar-refractivity contribution in [2.75, 3.05) is 19.7 Å². The Labute approximate surface area is 125 Å². The third kappa shape index (κ3) is 2.86. The highest BCUT2D eigenvalue weighted by Gasteiger charge is 2.42. The van der Waals surface area contributed by atoms with E-state index < -0.39 is 12.0 Å². The summed E-state index contributed by atoms with van der Waals surface area (Å²) >= 11 is 0. The number of rotatable bonds is 1. The number of carboxylic acids is 1. The molecule has 3 atom stereocenters. The van der Waals surface area contributed by atoms with Crippen molar-refractivity contribution < 1.29 is 19.4 Å². The Morgan fingerprint density at radius 3 is 2.62 bits per heavy atom. The summed E-state index contributed by atoms with van der Waals surface area (Å²) in [6.45, 7) is 1.71. The van der Waals surface area contributed by atoms with Crippen LogP contribution in [0, 0.1) is 0 Å². The fourth-order valence-corrected chi connectivity index (χ4v) is 3.92. The second-order valence-electron chi connectivity index (χ2n) is 6.28. The number of carbonyl (C=O) groups is 2. The number of hydrogen-bond donors (Lipinski definition) is 1. The Morgan fingerprint density at radius 1 is 0.952 bits per heavy atom. The first-order chi connectivity index (χ1) is 10.2. The SMILES string of the molecule is O=C(O)C1CCCCCN1C(=O)N1CCOC2CCCC21. The van der Waals surface area contributed by atoms with Crippen LogP contribution < -0.4 is 0 Å². The van der Waals surface area contributed by atoms with E-state index in [4.69, 9.17) is 4.74 Å². The number of carbonyl (C=O) groups excluding carboxylic acids is 1. The van der Waals surface area contributed by atoms with Crippen LogP contribution in [0.2, 0.25) is 0 Å². The lowest BCUT2D eigenvalue weighted by atomic mass is 10.1. The standard InChI is InChI=1S/C15H24N2O4/c18-14(19)12-5-2-1-3-8-16(12)15(20)17-9-10-21-13-7-4-6-11(13)17/h11-13H,1-10H2,(H,18,19). The Morgan fingerprint density at radius 2 is 1.81 bits per heavy atom. The van der Waals surface area contributed by atoms with Crippen molar-refractivity contribution in [1.82, 2.24) is 9.80 Å². The second kappa shape index (κ2) is 6.22. The maximum Gasteiger partial charge on any atom is 0.326 e. The molecule has 0 bridgehead atoms. The molecule has 6 nitrogen and oxygen atoms in total. The Hall–Kier alpha value is -1.30. The highest BCUT2D eigenvalue weighted by atomic mass is 16.5. The zero-order valence-corrected chi connectivity index (χ0v) is 12.4. The van der Waals surface area contributed by atoms with Gasteiger partial charge < -0.3 is 19.6 Å². The largest absolute Gasteiger partial charge is 0.480 e. The Balaban J connectivity index is 1.76. The molecule has 2 amide bonds. The summed E-state index contributed by atoms with van der Waals surface area (Å²) in [5.41, 5.74) is 0. The van der Waals surface area contributed by atoms with E-state index in [-0.39, 0.29) is 18.2 Å². The zero-order valence-electron chi connectivity index (χ0n) is 12.4. The van der Waals surface area contributed by atoms with Crippen LogP contribution in [0.15, 0.2) is 0 Å². The Kier molecular flexibility index (Phi) is 4.33. The van der Waals surface area contributed by atoms with Crippen LogP contribution in [0.5, 0.6) is 0 Å². The van der Waals surface area contributed by atoms with Gasteiger partial charge >= 0.3 is 12.0 Å². The van der Waals surface area contributed by atoms with Crippen molar-refractivity contribution in [3.8, 4) is 0 Å². The van der Waals surface area contributed by atoms with E-state index in [2.05, 4.69) is 0 Å². The molecule has 3 unspecified atom stereocenters. The van der Waals surface area contributed by atoms with E-state index in [9.17, 15) is 14.7 Å². The summed E-state index contributed by atoms with van der Waals surface area (Å²) in [4.78, 5) is 27.9. The first kappa shape index (κ1) is 14.6. The summed E-state index contributed by atoms with van der Waals surface area (Å²) in [6.07, 6.45) is 6.57. The van der Waals surface area contributed by atoms with Crippen molar-refractivity contribution in [2.24, 2.45) is 0 Å². The van der Waals surface area contributed by atoms with Crippen LogP contribution in [-0.2, 0) is 9.53 Å². The maximum absolute atomic E-state index is 12.9. The summed E-state index contributed by atoms with van der Waals surface area (Å²) in [6, 6.07) is -0.615. The summed E-state index contributed by atoms with van der Waals surface area (Å²) in [7, 11) is 0. The van der Waals surface area contributed by atoms with E-state index in [1.165, 1.54) is 0 Å². The molecule has 1 N–H and O–H groups in total. The molecule has 0 radical (unpaired) electrons. The predicted octanol–water partition coefficient (Wildman–Crippen LogP) is 1.69. The lowest BCUT2D eigenvalue weighted by Gasteiger charge is -2.41. The van der Waals surface area contributed by atoms with Gasteiger partial charge in [0.05, 0.1) is 18.8 Å². The maximum atomic E-state index is 12.9. The minimum atomic E-state index is -0.874. The molecule has 21 heavy (non-hydrogen) atoms. The monoisotopic (exact) mass is 296 g/mol. The number of carboxylic acid groups (broad SMARTS) is 1. The van der Waals surface area contributed by atoms with E-state index in [0.717, 1.165) is 38.5 Å². The van der Waals surface area contributed by atoms with Gasteiger partial charge in [-0.3, -0.25) is 0 Å². The highest BCUT2D eigenvalue weighted by molar-refractivity contribution is 5.83. The van der Waals surface area contributed by atoms with Crippen molar-refractivity contribution in [3.63, 3.8) is 0 Å².